The van der Waals surface area contributed by atoms with E-state index in [1.54, 1.807) is 6.07 Å². The van der Waals surface area contributed by atoms with Gasteiger partial charge in [0.2, 0.25) is 5.88 Å². The van der Waals surface area contributed by atoms with E-state index in [1.807, 2.05) is 24.3 Å². The van der Waals surface area contributed by atoms with E-state index in [2.05, 4.69) is 28.2 Å². The molecule has 3 aromatic rings. The molecule has 0 unspecified atom stereocenters. The summed E-state index contributed by atoms with van der Waals surface area (Å²) in [6.45, 7) is 0.369. The number of anilines is 1. The van der Waals surface area contributed by atoms with Crippen LogP contribution in [0.4, 0.5) is 5.82 Å². The Kier molecular flexibility index (Phi) is 3.55. The zero-order valence-electron chi connectivity index (χ0n) is 11.6. The minimum Gasteiger partial charge on any atom is -0.481 e. The first kappa shape index (κ1) is 13.2. The van der Waals surface area contributed by atoms with Crippen molar-refractivity contribution in [1.82, 2.24) is 9.97 Å². The number of ether oxygens (including phenoxy) is 2. The second-order valence-corrected chi connectivity index (χ2v) is 4.54. The molecule has 1 heterocycles. The van der Waals surface area contributed by atoms with Gasteiger partial charge in [0.1, 0.15) is 12.4 Å². The van der Waals surface area contributed by atoms with E-state index in [1.165, 1.54) is 12.5 Å². The molecule has 2 aromatic carbocycles. The van der Waals surface area contributed by atoms with Crippen molar-refractivity contribution in [2.24, 2.45) is 0 Å². The van der Waals surface area contributed by atoms with E-state index in [-0.39, 0.29) is 6.01 Å². The number of hydrogen-bond donors (Lipinski definition) is 1. The molecule has 106 valence electrons. The summed E-state index contributed by atoms with van der Waals surface area (Å²) in [5.74, 6) is 0.699. The molecule has 0 radical (unpaired) electrons. The Balaban J connectivity index is 1.85. The number of benzene rings is 2. The van der Waals surface area contributed by atoms with E-state index in [0.717, 1.165) is 10.9 Å². The number of methoxy groups -OCH3 is 1. The predicted molar refractivity (Wildman–Crippen MR) is 81.3 cm³/mol. The van der Waals surface area contributed by atoms with Crippen LogP contribution < -0.4 is 15.2 Å². The lowest BCUT2D eigenvalue weighted by Gasteiger charge is -2.09. The van der Waals surface area contributed by atoms with Gasteiger partial charge < -0.3 is 15.2 Å². The largest absolute Gasteiger partial charge is 0.481 e. The molecule has 21 heavy (non-hydrogen) atoms. The van der Waals surface area contributed by atoms with Gasteiger partial charge in [0.15, 0.2) is 0 Å². The minimum absolute atomic E-state index is 0.208. The minimum atomic E-state index is 0.208. The van der Waals surface area contributed by atoms with Crippen molar-refractivity contribution in [1.29, 1.82) is 0 Å². The van der Waals surface area contributed by atoms with Gasteiger partial charge in [-0.3, -0.25) is 0 Å². The number of aromatic nitrogens is 2. The van der Waals surface area contributed by atoms with Gasteiger partial charge in [0, 0.05) is 6.07 Å². The molecule has 0 aliphatic heterocycles. The highest BCUT2D eigenvalue weighted by Gasteiger charge is 2.06. The standard InChI is InChI=1S/C16H15N3O2/c1-20-15-9-14(17)18-16(19-15)21-10-12-7-4-6-11-5-2-3-8-13(11)12/h2-9H,10H2,1H3,(H2,17,18,19). The van der Waals surface area contributed by atoms with Crippen molar-refractivity contribution in [3.8, 4) is 11.9 Å². The quantitative estimate of drug-likeness (QED) is 0.796. The highest BCUT2D eigenvalue weighted by molar-refractivity contribution is 5.85. The molecule has 0 saturated carbocycles. The number of nitrogens with zero attached hydrogens (tertiary/aromatic N) is 2. The zero-order chi connectivity index (χ0) is 14.7. The molecule has 0 atom stereocenters. The Hall–Kier alpha value is -2.82. The molecule has 0 aliphatic carbocycles. The molecule has 1 aromatic heterocycles. The van der Waals surface area contributed by atoms with Crippen LogP contribution in [0.1, 0.15) is 5.56 Å². The summed E-state index contributed by atoms with van der Waals surface area (Å²) in [6.07, 6.45) is 0. The SMILES string of the molecule is COc1cc(N)nc(OCc2cccc3ccccc23)n1. The lowest BCUT2D eigenvalue weighted by molar-refractivity contribution is 0.275. The van der Waals surface area contributed by atoms with Crippen molar-refractivity contribution in [2.45, 2.75) is 6.61 Å². The van der Waals surface area contributed by atoms with E-state index in [9.17, 15) is 0 Å². The average molecular weight is 281 g/mol. The maximum atomic E-state index is 5.68. The Morgan fingerprint density at radius 3 is 2.71 bits per heavy atom. The zero-order valence-corrected chi connectivity index (χ0v) is 11.6. The fourth-order valence-corrected chi connectivity index (χ4v) is 2.15. The first-order valence-corrected chi connectivity index (χ1v) is 6.54. The summed E-state index contributed by atoms with van der Waals surface area (Å²) >= 11 is 0. The van der Waals surface area contributed by atoms with Crippen molar-refractivity contribution in [2.75, 3.05) is 12.8 Å². The first-order valence-electron chi connectivity index (χ1n) is 6.54. The van der Waals surface area contributed by atoms with Gasteiger partial charge in [-0.15, -0.1) is 0 Å². The molecule has 5 nitrogen and oxygen atoms in total. The van der Waals surface area contributed by atoms with Crippen LogP contribution in [0.3, 0.4) is 0 Å². The van der Waals surface area contributed by atoms with Gasteiger partial charge in [0.05, 0.1) is 7.11 Å². The van der Waals surface area contributed by atoms with Crippen LogP contribution in [0.15, 0.2) is 48.5 Å². The fourth-order valence-electron chi connectivity index (χ4n) is 2.15. The van der Waals surface area contributed by atoms with Crippen LogP contribution in [0.25, 0.3) is 10.8 Å². The normalized spacial score (nSPS) is 10.5. The third kappa shape index (κ3) is 2.86. The summed E-state index contributed by atoms with van der Waals surface area (Å²) in [5.41, 5.74) is 6.75. The van der Waals surface area contributed by atoms with Gasteiger partial charge in [-0.1, -0.05) is 42.5 Å². The summed E-state index contributed by atoms with van der Waals surface area (Å²) in [5, 5.41) is 2.32. The first-order chi connectivity index (χ1) is 10.3. The second-order valence-electron chi connectivity index (χ2n) is 4.54. The lowest BCUT2D eigenvalue weighted by atomic mass is 10.1. The lowest BCUT2D eigenvalue weighted by Crippen LogP contribution is -2.03. The molecule has 0 saturated heterocycles. The van der Waals surface area contributed by atoms with Crippen LogP contribution in [0, 0.1) is 0 Å². The molecule has 0 fully saturated rings. The summed E-state index contributed by atoms with van der Waals surface area (Å²) in [4.78, 5) is 8.15. The molecule has 0 bridgehead atoms. The summed E-state index contributed by atoms with van der Waals surface area (Å²) in [7, 11) is 1.52. The Morgan fingerprint density at radius 1 is 1.05 bits per heavy atom. The predicted octanol–water partition coefficient (Wildman–Crippen LogP) is 2.80. The van der Waals surface area contributed by atoms with Gasteiger partial charge in [0.25, 0.3) is 0 Å². The van der Waals surface area contributed by atoms with Gasteiger partial charge >= 0.3 is 6.01 Å². The van der Waals surface area contributed by atoms with E-state index >= 15 is 0 Å². The molecular formula is C16H15N3O2. The van der Waals surface area contributed by atoms with Crippen molar-refractivity contribution < 1.29 is 9.47 Å². The van der Waals surface area contributed by atoms with Gasteiger partial charge in [-0.2, -0.15) is 9.97 Å². The van der Waals surface area contributed by atoms with Crippen LogP contribution >= 0.6 is 0 Å². The highest BCUT2D eigenvalue weighted by Crippen LogP contribution is 2.21. The Morgan fingerprint density at radius 2 is 1.86 bits per heavy atom. The van der Waals surface area contributed by atoms with E-state index < -0.39 is 0 Å². The molecule has 2 N–H and O–H groups in total. The second kappa shape index (κ2) is 5.66. The summed E-state index contributed by atoms with van der Waals surface area (Å²) < 4.78 is 10.7. The van der Waals surface area contributed by atoms with Gasteiger partial charge in [-0.05, 0) is 16.3 Å². The van der Waals surface area contributed by atoms with E-state index in [0.29, 0.717) is 18.3 Å². The Labute approximate surface area is 122 Å². The number of nitrogens with two attached hydrogens (primary N) is 1. The smallest absolute Gasteiger partial charge is 0.322 e. The topological polar surface area (TPSA) is 70.3 Å². The average Bonchev–Trinajstić information content (AvgIpc) is 2.52. The molecule has 3 rings (SSSR count). The van der Waals surface area contributed by atoms with Crippen molar-refractivity contribution in [3.63, 3.8) is 0 Å². The van der Waals surface area contributed by atoms with Crippen LogP contribution in [0.5, 0.6) is 11.9 Å². The fraction of sp³-hybridized carbons (Fsp3) is 0.125. The van der Waals surface area contributed by atoms with Crippen LogP contribution in [-0.2, 0) is 6.61 Å². The molecule has 0 spiro atoms. The number of rotatable bonds is 4. The number of fused-ring (bicyclic) bond motifs is 1. The molecular weight excluding hydrogens is 266 g/mol. The maximum absolute atomic E-state index is 5.68. The third-order valence-electron chi connectivity index (χ3n) is 3.15. The van der Waals surface area contributed by atoms with Crippen molar-refractivity contribution in [3.05, 3.63) is 54.1 Å². The Bertz CT molecular complexity index is 769. The van der Waals surface area contributed by atoms with Crippen LogP contribution in [-0.4, -0.2) is 17.1 Å². The van der Waals surface area contributed by atoms with E-state index in [4.69, 9.17) is 15.2 Å². The number of nitrogen functional groups attached to an aromatic ring is 1. The maximum Gasteiger partial charge on any atom is 0.322 e. The molecule has 0 aliphatic rings. The molecule has 0 amide bonds. The summed E-state index contributed by atoms with van der Waals surface area (Å²) in [6, 6.07) is 16.0. The highest BCUT2D eigenvalue weighted by atomic mass is 16.5. The van der Waals surface area contributed by atoms with Crippen LogP contribution in [0.2, 0.25) is 0 Å². The van der Waals surface area contributed by atoms with Gasteiger partial charge in [-0.25, -0.2) is 0 Å². The third-order valence-corrected chi connectivity index (χ3v) is 3.15. The monoisotopic (exact) mass is 281 g/mol. The molecule has 5 heteroatoms. The number of hydrogen-bond acceptors (Lipinski definition) is 5. The van der Waals surface area contributed by atoms with Crippen molar-refractivity contribution >= 4 is 16.6 Å².